The Morgan fingerprint density at radius 1 is 1.29 bits per heavy atom. The molecule has 1 fully saturated rings. The van der Waals surface area contributed by atoms with Gasteiger partial charge in [-0.15, -0.1) is 0 Å². The van der Waals surface area contributed by atoms with Crippen LogP contribution in [0.3, 0.4) is 0 Å². The highest BCUT2D eigenvalue weighted by atomic mass is 32.2. The van der Waals surface area contributed by atoms with E-state index < -0.39 is 0 Å². The quantitative estimate of drug-likeness (QED) is 0.695. The van der Waals surface area contributed by atoms with E-state index in [2.05, 4.69) is 5.32 Å². The van der Waals surface area contributed by atoms with E-state index in [1.165, 1.54) is 5.75 Å². The van der Waals surface area contributed by atoms with Gasteiger partial charge in [-0.25, -0.2) is 0 Å². The maximum atomic E-state index is 12.0. The SMILES string of the molecule is Nc1cc(N)cc(C(=O)NC2CCCSC2)c1. The van der Waals surface area contributed by atoms with Gasteiger partial charge in [0.25, 0.3) is 5.91 Å². The molecule has 0 bridgehead atoms. The molecule has 1 heterocycles. The lowest BCUT2D eigenvalue weighted by Crippen LogP contribution is -2.38. The minimum atomic E-state index is -0.0866. The molecule has 0 aromatic heterocycles. The maximum absolute atomic E-state index is 12.0. The molecule has 1 aliphatic heterocycles. The minimum absolute atomic E-state index is 0.0866. The summed E-state index contributed by atoms with van der Waals surface area (Å²) in [5.74, 6) is 2.10. The third kappa shape index (κ3) is 3.30. The number of rotatable bonds is 2. The molecule has 1 saturated heterocycles. The van der Waals surface area contributed by atoms with Gasteiger partial charge in [-0.05, 0) is 36.8 Å². The number of amides is 1. The Kier molecular flexibility index (Phi) is 3.78. The van der Waals surface area contributed by atoms with Crippen LogP contribution in [0.15, 0.2) is 18.2 Å². The predicted octanol–water partition coefficient (Wildman–Crippen LogP) is 1.48. The molecule has 0 spiro atoms. The first-order chi connectivity index (χ1) is 8.15. The van der Waals surface area contributed by atoms with Crippen molar-refractivity contribution in [3.8, 4) is 0 Å². The Morgan fingerprint density at radius 2 is 2.00 bits per heavy atom. The molecule has 1 atom stereocenters. The van der Waals surface area contributed by atoms with E-state index in [1.807, 2.05) is 11.8 Å². The fraction of sp³-hybridized carbons (Fsp3) is 0.417. The molecule has 92 valence electrons. The molecule has 1 aromatic carbocycles. The van der Waals surface area contributed by atoms with Crippen LogP contribution in [0.25, 0.3) is 0 Å². The second-order valence-corrected chi connectivity index (χ2v) is 5.43. The van der Waals surface area contributed by atoms with Crippen molar-refractivity contribution in [1.29, 1.82) is 0 Å². The highest BCUT2D eigenvalue weighted by Crippen LogP contribution is 2.18. The lowest BCUT2D eigenvalue weighted by atomic mass is 10.1. The third-order valence-corrected chi connectivity index (χ3v) is 3.95. The Hall–Kier alpha value is -1.36. The number of anilines is 2. The summed E-state index contributed by atoms with van der Waals surface area (Å²) in [4.78, 5) is 12.0. The zero-order chi connectivity index (χ0) is 12.3. The van der Waals surface area contributed by atoms with Gasteiger partial charge >= 0.3 is 0 Å². The maximum Gasteiger partial charge on any atom is 0.251 e. The summed E-state index contributed by atoms with van der Waals surface area (Å²) in [5, 5.41) is 3.02. The number of hydrogen-bond acceptors (Lipinski definition) is 4. The van der Waals surface area contributed by atoms with Crippen molar-refractivity contribution in [2.45, 2.75) is 18.9 Å². The van der Waals surface area contributed by atoms with E-state index >= 15 is 0 Å². The number of benzene rings is 1. The van der Waals surface area contributed by atoms with Crippen molar-refractivity contribution in [3.63, 3.8) is 0 Å². The van der Waals surface area contributed by atoms with Gasteiger partial charge in [-0.3, -0.25) is 4.79 Å². The van der Waals surface area contributed by atoms with E-state index in [4.69, 9.17) is 11.5 Å². The third-order valence-electron chi connectivity index (χ3n) is 2.74. The average Bonchev–Trinajstić information content (AvgIpc) is 2.29. The predicted molar refractivity (Wildman–Crippen MR) is 73.1 cm³/mol. The first-order valence-corrected chi connectivity index (χ1v) is 6.85. The number of carbonyl (C=O) groups is 1. The molecule has 1 unspecified atom stereocenters. The van der Waals surface area contributed by atoms with Crippen LogP contribution >= 0.6 is 11.8 Å². The van der Waals surface area contributed by atoms with Crippen molar-refractivity contribution in [2.24, 2.45) is 0 Å². The summed E-state index contributed by atoms with van der Waals surface area (Å²) in [7, 11) is 0. The van der Waals surface area contributed by atoms with Crippen LogP contribution in [0.4, 0.5) is 11.4 Å². The van der Waals surface area contributed by atoms with Gasteiger partial charge in [0.2, 0.25) is 0 Å². The molecule has 1 aliphatic rings. The summed E-state index contributed by atoms with van der Waals surface area (Å²) >= 11 is 1.88. The summed E-state index contributed by atoms with van der Waals surface area (Å²) in [6.45, 7) is 0. The fourth-order valence-electron chi connectivity index (χ4n) is 1.93. The molecule has 0 saturated carbocycles. The van der Waals surface area contributed by atoms with Crippen molar-refractivity contribution >= 4 is 29.0 Å². The molecule has 2 rings (SSSR count). The van der Waals surface area contributed by atoms with E-state index in [-0.39, 0.29) is 11.9 Å². The second kappa shape index (κ2) is 5.31. The normalized spacial score (nSPS) is 19.9. The van der Waals surface area contributed by atoms with Gasteiger partial charge in [0.1, 0.15) is 0 Å². The van der Waals surface area contributed by atoms with Crippen LogP contribution in [-0.2, 0) is 0 Å². The Morgan fingerprint density at radius 3 is 2.59 bits per heavy atom. The molecule has 1 amide bonds. The van der Waals surface area contributed by atoms with Gasteiger partial charge in [-0.2, -0.15) is 11.8 Å². The number of nitrogens with two attached hydrogens (primary N) is 2. The largest absolute Gasteiger partial charge is 0.399 e. The first kappa shape index (κ1) is 12.1. The highest BCUT2D eigenvalue weighted by molar-refractivity contribution is 7.99. The number of thioether (sulfide) groups is 1. The topological polar surface area (TPSA) is 81.1 Å². The van der Waals surface area contributed by atoms with Gasteiger partial charge < -0.3 is 16.8 Å². The van der Waals surface area contributed by atoms with Crippen LogP contribution in [-0.4, -0.2) is 23.5 Å². The van der Waals surface area contributed by atoms with Crippen LogP contribution in [0.2, 0.25) is 0 Å². The molecule has 1 aromatic rings. The molecule has 0 aliphatic carbocycles. The minimum Gasteiger partial charge on any atom is -0.399 e. The molecule has 5 N–H and O–H groups in total. The number of hydrogen-bond donors (Lipinski definition) is 3. The summed E-state index contributed by atoms with van der Waals surface area (Å²) in [5.41, 5.74) is 12.9. The van der Waals surface area contributed by atoms with E-state index in [0.717, 1.165) is 18.6 Å². The number of nitrogen functional groups attached to an aromatic ring is 2. The number of carbonyl (C=O) groups excluding carboxylic acids is 1. The van der Waals surface area contributed by atoms with E-state index in [1.54, 1.807) is 18.2 Å². The zero-order valence-corrected chi connectivity index (χ0v) is 10.4. The molecular formula is C12H17N3OS. The molecule has 0 radical (unpaired) electrons. The lowest BCUT2D eigenvalue weighted by Gasteiger charge is -2.22. The molecule has 17 heavy (non-hydrogen) atoms. The second-order valence-electron chi connectivity index (χ2n) is 4.28. The summed E-state index contributed by atoms with van der Waals surface area (Å²) in [6.07, 6.45) is 2.21. The van der Waals surface area contributed by atoms with Crippen LogP contribution in [0.5, 0.6) is 0 Å². The Bertz CT molecular complexity index is 396. The Labute approximate surface area is 105 Å². The lowest BCUT2D eigenvalue weighted by molar-refractivity contribution is 0.0938. The smallest absolute Gasteiger partial charge is 0.251 e. The van der Waals surface area contributed by atoms with Gasteiger partial charge in [0, 0.05) is 28.7 Å². The van der Waals surface area contributed by atoms with E-state index in [0.29, 0.717) is 16.9 Å². The Balaban J connectivity index is 2.03. The number of nitrogens with one attached hydrogen (secondary N) is 1. The van der Waals surface area contributed by atoms with Crippen molar-refractivity contribution in [2.75, 3.05) is 23.0 Å². The first-order valence-electron chi connectivity index (χ1n) is 5.70. The van der Waals surface area contributed by atoms with Gasteiger partial charge in [0.15, 0.2) is 0 Å². The van der Waals surface area contributed by atoms with Crippen LogP contribution in [0, 0.1) is 0 Å². The van der Waals surface area contributed by atoms with Gasteiger partial charge in [-0.1, -0.05) is 0 Å². The fourth-order valence-corrected chi connectivity index (χ4v) is 3.00. The zero-order valence-electron chi connectivity index (χ0n) is 9.61. The molecule has 4 nitrogen and oxygen atoms in total. The van der Waals surface area contributed by atoms with Crippen LogP contribution in [0.1, 0.15) is 23.2 Å². The van der Waals surface area contributed by atoms with E-state index in [9.17, 15) is 4.79 Å². The molecular weight excluding hydrogens is 234 g/mol. The van der Waals surface area contributed by atoms with Crippen molar-refractivity contribution in [3.05, 3.63) is 23.8 Å². The summed E-state index contributed by atoms with van der Waals surface area (Å²) < 4.78 is 0. The van der Waals surface area contributed by atoms with Crippen molar-refractivity contribution < 1.29 is 4.79 Å². The van der Waals surface area contributed by atoms with Crippen molar-refractivity contribution in [1.82, 2.24) is 5.32 Å². The standard InChI is InChI=1S/C12H17N3OS/c13-9-4-8(5-10(14)6-9)12(16)15-11-2-1-3-17-7-11/h4-6,11H,1-3,7,13-14H2,(H,15,16). The van der Waals surface area contributed by atoms with Crippen LogP contribution < -0.4 is 16.8 Å². The molecule has 5 heteroatoms. The highest BCUT2D eigenvalue weighted by Gasteiger charge is 2.17. The summed E-state index contributed by atoms with van der Waals surface area (Å²) in [6, 6.07) is 5.22. The monoisotopic (exact) mass is 251 g/mol. The average molecular weight is 251 g/mol. The van der Waals surface area contributed by atoms with Gasteiger partial charge in [0.05, 0.1) is 0 Å².